The van der Waals surface area contributed by atoms with E-state index in [-0.39, 0.29) is 5.69 Å². The molecule has 1 aromatic rings. The second kappa shape index (κ2) is 5.28. The summed E-state index contributed by atoms with van der Waals surface area (Å²) in [7, 11) is 0. The number of benzene rings is 1. The number of carboxylic acid groups (broad SMARTS) is 1. The van der Waals surface area contributed by atoms with Gasteiger partial charge in [-0.1, -0.05) is 13.0 Å². The van der Waals surface area contributed by atoms with E-state index < -0.39 is 28.6 Å². The summed E-state index contributed by atoms with van der Waals surface area (Å²) >= 11 is 0. The number of carboxylic acids is 1. The van der Waals surface area contributed by atoms with Crippen molar-refractivity contribution in [2.75, 3.05) is 5.32 Å². The first-order valence-corrected chi connectivity index (χ1v) is 6.25. The number of hydrogen-bond donors (Lipinski definition) is 2. The molecule has 2 rings (SSSR count). The van der Waals surface area contributed by atoms with Gasteiger partial charge in [-0.25, -0.2) is 0 Å². The van der Waals surface area contributed by atoms with E-state index in [1.807, 2.05) is 6.92 Å². The van der Waals surface area contributed by atoms with Crippen LogP contribution < -0.4 is 5.32 Å². The van der Waals surface area contributed by atoms with Crippen LogP contribution >= 0.6 is 0 Å². The van der Waals surface area contributed by atoms with Gasteiger partial charge < -0.3 is 10.4 Å². The second-order valence-corrected chi connectivity index (χ2v) is 4.73. The van der Waals surface area contributed by atoms with Crippen LogP contribution in [0, 0.1) is 22.0 Å². The number of nitrogens with zero attached hydrogens (tertiary/aromatic N) is 1. The van der Waals surface area contributed by atoms with E-state index in [9.17, 15) is 19.7 Å². The van der Waals surface area contributed by atoms with Gasteiger partial charge in [0.25, 0.3) is 5.69 Å². The van der Waals surface area contributed by atoms with Crippen molar-refractivity contribution in [1.82, 2.24) is 0 Å². The molecule has 0 unspecified atom stereocenters. The lowest BCUT2D eigenvalue weighted by Gasteiger charge is -2.06. The molecule has 2 atom stereocenters. The van der Waals surface area contributed by atoms with Crippen molar-refractivity contribution < 1.29 is 19.6 Å². The summed E-state index contributed by atoms with van der Waals surface area (Å²) in [6, 6.07) is 4.48. The van der Waals surface area contributed by atoms with Crippen LogP contribution in [0.25, 0.3) is 0 Å². The summed E-state index contributed by atoms with van der Waals surface area (Å²) < 4.78 is 0. The van der Waals surface area contributed by atoms with Crippen molar-refractivity contribution in [3.05, 3.63) is 33.9 Å². The fraction of sp³-hybridized carbons (Fsp3) is 0.385. The number of aliphatic carboxylic acids is 1. The van der Waals surface area contributed by atoms with E-state index in [2.05, 4.69) is 5.32 Å². The molecule has 0 spiro atoms. The van der Waals surface area contributed by atoms with Gasteiger partial charge in [-0.2, -0.15) is 0 Å². The summed E-state index contributed by atoms with van der Waals surface area (Å²) in [6.45, 7) is 1.81. The van der Waals surface area contributed by atoms with Crippen molar-refractivity contribution in [3.8, 4) is 0 Å². The minimum absolute atomic E-state index is 0.0455. The van der Waals surface area contributed by atoms with E-state index in [1.54, 1.807) is 12.1 Å². The zero-order valence-electron chi connectivity index (χ0n) is 10.8. The Labute approximate surface area is 114 Å². The van der Waals surface area contributed by atoms with Gasteiger partial charge in [0.2, 0.25) is 5.91 Å². The second-order valence-electron chi connectivity index (χ2n) is 4.73. The zero-order chi connectivity index (χ0) is 14.9. The Bertz CT molecular complexity index is 584. The number of carbonyl (C=O) groups excluding carboxylic acids is 1. The number of carbonyl (C=O) groups is 2. The van der Waals surface area contributed by atoms with Crippen molar-refractivity contribution in [3.63, 3.8) is 0 Å². The van der Waals surface area contributed by atoms with Crippen molar-refractivity contribution in [1.29, 1.82) is 0 Å². The first-order valence-electron chi connectivity index (χ1n) is 6.25. The average Bonchev–Trinajstić information content (AvgIpc) is 3.18. The summed E-state index contributed by atoms with van der Waals surface area (Å²) in [4.78, 5) is 32.9. The van der Waals surface area contributed by atoms with E-state index in [0.717, 1.165) is 0 Å². The first-order chi connectivity index (χ1) is 9.43. The van der Waals surface area contributed by atoms with Crippen LogP contribution in [0.2, 0.25) is 0 Å². The van der Waals surface area contributed by atoms with E-state index in [0.29, 0.717) is 24.1 Å². The normalized spacial score (nSPS) is 20.2. The number of amides is 1. The molecule has 0 saturated heterocycles. The minimum Gasteiger partial charge on any atom is -0.481 e. The number of nitrogens with one attached hydrogen (secondary N) is 1. The molecular formula is C13H14N2O5. The van der Waals surface area contributed by atoms with Crippen LogP contribution in [-0.4, -0.2) is 21.9 Å². The third kappa shape index (κ3) is 2.76. The lowest BCUT2D eigenvalue weighted by atomic mass is 10.1. The third-order valence-electron chi connectivity index (χ3n) is 3.37. The quantitative estimate of drug-likeness (QED) is 0.630. The van der Waals surface area contributed by atoms with Gasteiger partial charge >= 0.3 is 5.97 Å². The number of nitro groups is 1. The topological polar surface area (TPSA) is 110 Å². The van der Waals surface area contributed by atoms with Gasteiger partial charge in [0.1, 0.15) is 0 Å². The number of aryl methyl sites for hydroxylation is 1. The predicted octanol–water partition coefficient (Wildman–Crippen LogP) is 1.82. The van der Waals surface area contributed by atoms with Crippen molar-refractivity contribution in [2.24, 2.45) is 11.8 Å². The Hall–Kier alpha value is -2.44. The third-order valence-corrected chi connectivity index (χ3v) is 3.37. The molecular weight excluding hydrogens is 264 g/mol. The molecule has 0 heterocycles. The molecule has 7 heteroatoms. The molecule has 7 nitrogen and oxygen atoms in total. The van der Waals surface area contributed by atoms with Crippen molar-refractivity contribution >= 4 is 23.3 Å². The molecule has 0 aromatic heterocycles. The smallest absolute Gasteiger partial charge is 0.307 e. The molecule has 2 N–H and O–H groups in total. The highest BCUT2D eigenvalue weighted by molar-refractivity contribution is 5.98. The SMILES string of the molecule is CCc1ccc(NC(=O)[C@@H]2C[C@@H]2C(=O)O)cc1[N+](=O)[O-]. The van der Waals surface area contributed by atoms with E-state index >= 15 is 0 Å². The van der Waals surface area contributed by atoms with Gasteiger partial charge in [0.15, 0.2) is 0 Å². The molecule has 1 fully saturated rings. The molecule has 1 aromatic carbocycles. The molecule has 20 heavy (non-hydrogen) atoms. The van der Waals surface area contributed by atoms with Gasteiger partial charge in [-0.05, 0) is 18.9 Å². The van der Waals surface area contributed by atoms with Crippen LogP contribution in [0.5, 0.6) is 0 Å². The highest BCUT2D eigenvalue weighted by Crippen LogP contribution is 2.39. The maximum atomic E-state index is 11.8. The Balaban J connectivity index is 2.11. The average molecular weight is 278 g/mol. The van der Waals surface area contributed by atoms with Crippen molar-refractivity contribution in [2.45, 2.75) is 19.8 Å². The van der Waals surface area contributed by atoms with E-state index in [1.165, 1.54) is 6.07 Å². The lowest BCUT2D eigenvalue weighted by molar-refractivity contribution is -0.385. The predicted molar refractivity (Wildman–Crippen MR) is 70.3 cm³/mol. The molecule has 0 radical (unpaired) electrons. The Morgan fingerprint density at radius 2 is 2.15 bits per heavy atom. The largest absolute Gasteiger partial charge is 0.481 e. The lowest BCUT2D eigenvalue weighted by Crippen LogP contribution is -2.17. The number of rotatable bonds is 5. The van der Waals surface area contributed by atoms with E-state index in [4.69, 9.17) is 5.11 Å². The molecule has 106 valence electrons. The molecule has 0 aliphatic heterocycles. The van der Waals surface area contributed by atoms with Crippen LogP contribution in [-0.2, 0) is 16.0 Å². The number of nitro benzene ring substituents is 1. The van der Waals surface area contributed by atoms with Gasteiger partial charge in [-0.15, -0.1) is 0 Å². The minimum atomic E-state index is -0.988. The van der Waals surface area contributed by atoms with Gasteiger partial charge in [-0.3, -0.25) is 19.7 Å². The molecule has 1 amide bonds. The molecule has 1 aliphatic carbocycles. The summed E-state index contributed by atoms with van der Waals surface area (Å²) in [6.07, 6.45) is 0.838. The molecule has 1 saturated carbocycles. The van der Waals surface area contributed by atoms with Gasteiger partial charge in [0, 0.05) is 17.3 Å². The van der Waals surface area contributed by atoms with Crippen LogP contribution in [0.15, 0.2) is 18.2 Å². The standard InChI is InChI=1S/C13H14N2O5/c1-2-7-3-4-8(5-11(7)15(19)20)14-12(16)9-6-10(9)13(17)18/h3-5,9-10H,2,6H2,1H3,(H,14,16)(H,17,18)/t9-,10+/m1/s1. The highest BCUT2D eigenvalue weighted by Gasteiger charge is 2.48. The number of anilines is 1. The zero-order valence-corrected chi connectivity index (χ0v) is 10.8. The Morgan fingerprint density at radius 3 is 2.65 bits per heavy atom. The van der Waals surface area contributed by atoms with Crippen LogP contribution in [0.3, 0.4) is 0 Å². The summed E-state index contributed by atoms with van der Waals surface area (Å²) in [5.74, 6) is -2.58. The highest BCUT2D eigenvalue weighted by atomic mass is 16.6. The molecule has 1 aliphatic rings. The maximum absolute atomic E-state index is 11.8. The number of hydrogen-bond acceptors (Lipinski definition) is 4. The summed E-state index contributed by atoms with van der Waals surface area (Å²) in [5.41, 5.74) is 0.855. The Morgan fingerprint density at radius 1 is 1.45 bits per heavy atom. The van der Waals surface area contributed by atoms with Gasteiger partial charge in [0.05, 0.1) is 16.8 Å². The van der Waals surface area contributed by atoms with Crippen LogP contribution in [0.4, 0.5) is 11.4 Å². The maximum Gasteiger partial charge on any atom is 0.307 e. The fourth-order valence-corrected chi connectivity index (χ4v) is 2.10. The molecule has 0 bridgehead atoms. The monoisotopic (exact) mass is 278 g/mol. The summed E-state index contributed by atoms with van der Waals surface area (Å²) in [5, 5.41) is 22.2. The first kappa shape index (κ1) is 14.0. The fourth-order valence-electron chi connectivity index (χ4n) is 2.10. The Kier molecular flexibility index (Phi) is 3.69. The van der Waals surface area contributed by atoms with Crippen LogP contribution in [0.1, 0.15) is 18.9 Å².